The minimum Gasteiger partial charge on any atom is -0.390 e. The van der Waals surface area contributed by atoms with Crippen LogP contribution in [-0.2, 0) is 0 Å². The van der Waals surface area contributed by atoms with E-state index in [1.165, 1.54) is 0 Å². The standard InChI is InChI=1S/C19H21N7O/c1-19(27)6-2-12(3-7-19)23-18-21-11-14-13(10-20-17(14)25-18)15-5-9-26-16(24-15)4-8-22-26/h4-5,8-12,27H,2-3,6-7H2,1H3,(H2,20,21,23,25)/t12-,19-. The lowest BCUT2D eigenvalue weighted by atomic mass is 9.84. The number of hydrogen-bond acceptors (Lipinski definition) is 6. The van der Waals surface area contributed by atoms with Gasteiger partial charge in [0.2, 0.25) is 5.95 Å². The molecule has 0 aromatic carbocycles. The molecule has 0 aliphatic heterocycles. The molecule has 1 fully saturated rings. The number of fused-ring (bicyclic) bond motifs is 2. The molecule has 8 heteroatoms. The number of aromatic amines is 1. The molecule has 1 aliphatic rings. The normalized spacial score (nSPS) is 23.1. The first-order valence-corrected chi connectivity index (χ1v) is 9.21. The second kappa shape index (κ2) is 6.02. The molecular formula is C19H21N7O. The average Bonchev–Trinajstić information content (AvgIpc) is 3.29. The van der Waals surface area contributed by atoms with Crippen molar-refractivity contribution in [3.63, 3.8) is 0 Å². The molecule has 0 atom stereocenters. The number of aliphatic hydroxyl groups is 1. The first kappa shape index (κ1) is 16.2. The third-order valence-electron chi connectivity index (χ3n) is 5.36. The molecule has 4 aromatic heterocycles. The van der Waals surface area contributed by atoms with Gasteiger partial charge in [-0.15, -0.1) is 0 Å². The van der Waals surface area contributed by atoms with Gasteiger partial charge in [-0.05, 0) is 38.7 Å². The van der Waals surface area contributed by atoms with Gasteiger partial charge in [-0.3, -0.25) is 0 Å². The molecule has 0 bridgehead atoms. The number of rotatable bonds is 3. The van der Waals surface area contributed by atoms with Crippen molar-refractivity contribution in [1.29, 1.82) is 0 Å². The number of anilines is 1. The maximum Gasteiger partial charge on any atom is 0.224 e. The molecule has 0 amide bonds. The summed E-state index contributed by atoms with van der Waals surface area (Å²) in [4.78, 5) is 17.0. The van der Waals surface area contributed by atoms with E-state index in [1.54, 1.807) is 10.7 Å². The number of H-pyrrole nitrogens is 1. The van der Waals surface area contributed by atoms with Crippen LogP contribution in [0.25, 0.3) is 27.9 Å². The lowest BCUT2D eigenvalue weighted by Crippen LogP contribution is -2.36. The summed E-state index contributed by atoms with van der Waals surface area (Å²) in [5.74, 6) is 0.613. The van der Waals surface area contributed by atoms with E-state index in [9.17, 15) is 5.11 Å². The van der Waals surface area contributed by atoms with Crippen LogP contribution in [0.5, 0.6) is 0 Å². The Bertz CT molecular complexity index is 1100. The second-order valence-electron chi connectivity index (χ2n) is 7.52. The monoisotopic (exact) mass is 363 g/mol. The maximum atomic E-state index is 10.1. The van der Waals surface area contributed by atoms with Crippen LogP contribution < -0.4 is 5.32 Å². The number of nitrogens with one attached hydrogen (secondary N) is 2. The fourth-order valence-corrected chi connectivity index (χ4v) is 3.72. The fourth-order valence-electron chi connectivity index (χ4n) is 3.72. The van der Waals surface area contributed by atoms with Gasteiger partial charge >= 0.3 is 0 Å². The zero-order valence-corrected chi connectivity index (χ0v) is 15.1. The summed E-state index contributed by atoms with van der Waals surface area (Å²) in [6, 6.07) is 4.10. The fraction of sp³-hybridized carbons (Fsp3) is 0.368. The minimum atomic E-state index is -0.541. The van der Waals surface area contributed by atoms with Crippen LogP contribution in [0.15, 0.2) is 36.9 Å². The molecule has 5 rings (SSSR count). The highest BCUT2D eigenvalue weighted by Crippen LogP contribution is 2.30. The van der Waals surface area contributed by atoms with Gasteiger partial charge in [0.05, 0.1) is 17.5 Å². The highest BCUT2D eigenvalue weighted by atomic mass is 16.3. The van der Waals surface area contributed by atoms with Crippen LogP contribution in [0.3, 0.4) is 0 Å². The molecule has 8 nitrogen and oxygen atoms in total. The van der Waals surface area contributed by atoms with E-state index >= 15 is 0 Å². The van der Waals surface area contributed by atoms with Gasteiger partial charge in [-0.25, -0.2) is 14.5 Å². The van der Waals surface area contributed by atoms with Crippen LogP contribution in [0.1, 0.15) is 32.6 Å². The topological polar surface area (TPSA) is 104 Å². The molecule has 4 heterocycles. The molecule has 4 aromatic rings. The zero-order valence-electron chi connectivity index (χ0n) is 15.1. The summed E-state index contributed by atoms with van der Waals surface area (Å²) in [5, 5.41) is 18.6. The SMILES string of the molecule is C[C@]1(O)CC[C@H](Nc2ncc3c(-c4ccn5nccc5n4)c[nH]c3n2)CC1. The molecule has 138 valence electrons. The third-order valence-corrected chi connectivity index (χ3v) is 5.36. The van der Waals surface area contributed by atoms with Gasteiger partial charge in [0.15, 0.2) is 5.65 Å². The van der Waals surface area contributed by atoms with Crippen LogP contribution in [-0.4, -0.2) is 46.3 Å². The van der Waals surface area contributed by atoms with Crippen LogP contribution in [0.2, 0.25) is 0 Å². The van der Waals surface area contributed by atoms with Gasteiger partial charge in [0, 0.05) is 41.6 Å². The van der Waals surface area contributed by atoms with Crippen LogP contribution in [0.4, 0.5) is 5.95 Å². The Labute approximate surface area is 155 Å². The molecule has 1 saturated carbocycles. The summed E-state index contributed by atoms with van der Waals surface area (Å²) in [7, 11) is 0. The van der Waals surface area contributed by atoms with E-state index in [-0.39, 0.29) is 0 Å². The predicted molar refractivity (Wildman–Crippen MR) is 102 cm³/mol. The Morgan fingerprint density at radius 3 is 2.96 bits per heavy atom. The van der Waals surface area contributed by atoms with E-state index in [1.807, 2.05) is 37.6 Å². The molecule has 3 N–H and O–H groups in total. The Balaban J connectivity index is 1.41. The van der Waals surface area contributed by atoms with Gasteiger partial charge in [0.25, 0.3) is 0 Å². The van der Waals surface area contributed by atoms with E-state index in [0.29, 0.717) is 12.0 Å². The average molecular weight is 363 g/mol. The first-order chi connectivity index (χ1) is 13.1. The van der Waals surface area contributed by atoms with E-state index in [4.69, 9.17) is 0 Å². The lowest BCUT2D eigenvalue weighted by molar-refractivity contribution is 0.0196. The van der Waals surface area contributed by atoms with Crippen molar-refractivity contribution in [2.45, 2.75) is 44.2 Å². The minimum absolute atomic E-state index is 0.294. The number of aromatic nitrogens is 6. The zero-order chi connectivity index (χ0) is 18.4. The van der Waals surface area contributed by atoms with Crippen molar-refractivity contribution in [1.82, 2.24) is 29.5 Å². The molecule has 27 heavy (non-hydrogen) atoms. The molecule has 0 saturated heterocycles. The smallest absolute Gasteiger partial charge is 0.224 e. The van der Waals surface area contributed by atoms with Crippen molar-refractivity contribution < 1.29 is 5.11 Å². The largest absolute Gasteiger partial charge is 0.390 e. The van der Waals surface area contributed by atoms with Gasteiger partial charge < -0.3 is 15.4 Å². The predicted octanol–water partition coefficient (Wildman–Crippen LogP) is 2.77. The van der Waals surface area contributed by atoms with E-state index in [0.717, 1.165) is 53.6 Å². The highest BCUT2D eigenvalue weighted by Gasteiger charge is 2.28. The van der Waals surface area contributed by atoms with Crippen molar-refractivity contribution in [3.05, 3.63) is 36.9 Å². The lowest BCUT2D eigenvalue weighted by Gasteiger charge is -2.33. The summed E-state index contributed by atoms with van der Waals surface area (Å²) in [6.07, 6.45) is 10.8. The molecule has 0 spiro atoms. The Hall–Kier alpha value is -3.00. The number of hydrogen-bond donors (Lipinski definition) is 3. The quantitative estimate of drug-likeness (QED) is 0.517. The summed E-state index contributed by atoms with van der Waals surface area (Å²) in [5.41, 5.74) is 2.86. The Morgan fingerprint density at radius 1 is 1.26 bits per heavy atom. The van der Waals surface area contributed by atoms with E-state index in [2.05, 4.69) is 30.4 Å². The van der Waals surface area contributed by atoms with Crippen LogP contribution in [0, 0.1) is 0 Å². The molecular weight excluding hydrogens is 342 g/mol. The summed E-state index contributed by atoms with van der Waals surface area (Å²) in [6.45, 7) is 1.90. The highest BCUT2D eigenvalue weighted by molar-refractivity contribution is 5.92. The molecule has 0 radical (unpaired) electrons. The third kappa shape index (κ3) is 3.02. The number of nitrogens with zero attached hydrogens (tertiary/aromatic N) is 5. The van der Waals surface area contributed by atoms with Crippen molar-refractivity contribution in [2.24, 2.45) is 0 Å². The summed E-state index contributed by atoms with van der Waals surface area (Å²) < 4.78 is 1.73. The van der Waals surface area contributed by atoms with E-state index < -0.39 is 5.60 Å². The Morgan fingerprint density at radius 2 is 2.11 bits per heavy atom. The first-order valence-electron chi connectivity index (χ1n) is 9.21. The van der Waals surface area contributed by atoms with Crippen LogP contribution >= 0.6 is 0 Å². The van der Waals surface area contributed by atoms with Gasteiger partial charge in [-0.2, -0.15) is 10.1 Å². The van der Waals surface area contributed by atoms with Crippen molar-refractivity contribution >= 4 is 22.6 Å². The van der Waals surface area contributed by atoms with Crippen molar-refractivity contribution in [3.8, 4) is 11.3 Å². The van der Waals surface area contributed by atoms with Gasteiger partial charge in [-0.1, -0.05) is 0 Å². The van der Waals surface area contributed by atoms with Gasteiger partial charge in [0.1, 0.15) is 5.65 Å². The molecule has 1 aliphatic carbocycles. The van der Waals surface area contributed by atoms with Crippen molar-refractivity contribution in [2.75, 3.05) is 5.32 Å². The second-order valence-corrected chi connectivity index (χ2v) is 7.52. The maximum absolute atomic E-state index is 10.1. The Kier molecular flexibility index (Phi) is 3.61. The summed E-state index contributed by atoms with van der Waals surface area (Å²) >= 11 is 0. The molecule has 0 unspecified atom stereocenters.